The van der Waals surface area contributed by atoms with Gasteiger partial charge in [-0.1, -0.05) is 17.7 Å². The Labute approximate surface area is 90.4 Å². The number of carbonyl (C=O) groups excluding carboxylic acids is 2. The normalized spacial score (nSPS) is 16.3. The van der Waals surface area contributed by atoms with E-state index in [1.165, 1.54) is 23.1 Å². The van der Waals surface area contributed by atoms with E-state index in [1.807, 2.05) is 0 Å². The van der Waals surface area contributed by atoms with Gasteiger partial charge in [-0.3, -0.25) is 9.59 Å². The second kappa shape index (κ2) is 3.62. The van der Waals surface area contributed by atoms with Gasteiger partial charge in [-0.2, -0.15) is 0 Å². The molecule has 0 spiro atoms. The molecule has 1 aliphatic rings. The Morgan fingerprint density at radius 2 is 2.07 bits per heavy atom. The first-order valence-electron chi connectivity index (χ1n) is 4.35. The molecule has 0 unspecified atom stereocenters. The lowest BCUT2D eigenvalue weighted by atomic mass is 10.3. The molecule has 0 aromatic heterocycles. The predicted molar refractivity (Wildman–Crippen MR) is 53.4 cm³/mol. The number of hydrogen-bond donors (Lipinski definition) is 0. The maximum atomic E-state index is 13.1. The molecule has 1 saturated heterocycles. The minimum absolute atomic E-state index is 0.0258. The summed E-state index contributed by atoms with van der Waals surface area (Å²) < 4.78 is 13.1. The first-order valence-corrected chi connectivity index (χ1v) is 4.73. The van der Waals surface area contributed by atoms with Gasteiger partial charge in [0.15, 0.2) is 5.78 Å². The van der Waals surface area contributed by atoms with Crippen LogP contribution in [0.4, 0.5) is 10.1 Å². The Hall–Kier alpha value is -1.42. The van der Waals surface area contributed by atoms with Crippen molar-refractivity contribution in [2.45, 2.75) is 6.42 Å². The van der Waals surface area contributed by atoms with Crippen LogP contribution in [0.25, 0.3) is 0 Å². The largest absolute Gasteiger partial charge is 0.303 e. The molecule has 1 aromatic rings. The van der Waals surface area contributed by atoms with Crippen molar-refractivity contribution < 1.29 is 14.0 Å². The van der Waals surface area contributed by atoms with E-state index in [1.54, 1.807) is 0 Å². The zero-order valence-corrected chi connectivity index (χ0v) is 8.42. The highest BCUT2D eigenvalue weighted by atomic mass is 35.5. The van der Waals surface area contributed by atoms with Crippen LogP contribution in [0.3, 0.4) is 0 Å². The molecular formula is C10H7ClFNO2. The number of amides is 1. The molecule has 0 N–H and O–H groups in total. The van der Waals surface area contributed by atoms with Crippen LogP contribution in [-0.4, -0.2) is 18.2 Å². The molecule has 0 bridgehead atoms. The topological polar surface area (TPSA) is 37.4 Å². The van der Waals surface area contributed by atoms with E-state index in [4.69, 9.17) is 11.6 Å². The van der Waals surface area contributed by atoms with Crippen molar-refractivity contribution in [2.24, 2.45) is 0 Å². The SMILES string of the molecule is O=C1CC(=O)N(c2cccc(F)c2Cl)C1. The highest BCUT2D eigenvalue weighted by molar-refractivity contribution is 6.34. The lowest BCUT2D eigenvalue weighted by Crippen LogP contribution is -2.24. The van der Waals surface area contributed by atoms with E-state index in [0.29, 0.717) is 0 Å². The van der Waals surface area contributed by atoms with Gasteiger partial charge in [-0.25, -0.2) is 4.39 Å². The van der Waals surface area contributed by atoms with Gasteiger partial charge < -0.3 is 4.90 Å². The van der Waals surface area contributed by atoms with Crippen LogP contribution < -0.4 is 4.90 Å². The Morgan fingerprint density at radius 1 is 1.33 bits per heavy atom. The summed E-state index contributed by atoms with van der Waals surface area (Å²) in [6.45, 7) is -0.0258. The van der Waals surface area contributed by atoms with Gasteiger partial charge in [0.1, 0.15) is 10.8 Å². The quantitative estimate of drug-likeness (QED) is 0.686. The maximum Gasteiger partial charge on any atom is 0.234 e. The summed E-state index contributed by atoms with van der Waals surface area (Å²) in [5.41, 5.74) is 0.257. The molecular weight excluding hydrogens is 221 g/mol. The average molecular weight is 228 g/mol. The number of halogens is 2. The summed E-state index contributed by atoms with van der Waals surface area (Å²) in [4.78, 5) is 23.6. The lowest BCUT2D eigenvalue weighted by Gasteiger charge is -2.16. The van der Waals surface area contributed by atoms with Gasteiger partial charge in [-0.05, 0) is 12.1 Å². The molecule has 1 heterocycles. The van der Waals surface area contributed by atoms with Gasteiger partial charge >= 0.3 is 0 Å². The van der Waals surface area contributed by atoms with Crippen molar-refractivity contribution in [3.8, 4) is 0 Å². The molecule has 3 nitrogen and oxygen atoms in total. The van der Waals surface area contributed by atoms with E-state index in [-0.39, 0.29) is 35.4 Å². The third-order valence-electron chi connectivity index (χ3n) is 2.21. The summed E-state index contributed by atoms with van der Waals surface area (Å²) >= 11 is 5.71. The molecule has 0 aliphatic carbocycles. The predicted octanol–water partition coefficient (Wildman–Crippen LogP) is 1.78. The van der Waals surface area contributed by atoms with Crippen LogP contribution in [0.1, 0.15) is 6.42 Å². The second-order valence-electron chi connectivity index (χ2n) is 3.27. The standard InChI is InChI=1S/C10H7ClFNO2/c11-10-7(12)2-1-3-8(10)13-5-6(14)4-9(13)15/h1-3H,4-5H2. The number of benzene rings is 1. The zero-order chi connectivity index (χ0) is 11.0. The van der Waals surface area contributed by atoms with Crippen molar-refractivity contribution in [1.29, 1.82) is 0 Å². The Bertz CT molecular complexity index is 447. The molecule has 1 aliphatic heterocycles. The highest BCUT2D eigenvalue weighted by Gasteiger charge is 2.30. The van der Waals surface area contributed by atoms with E-state index in [2.05, 4.69) is 0 Å². The Balaban J connectivity index is 2.42. The number of anilines is 1. The molecule has 1 fully saturated rings. The fraction of sp³-hybridized carbons (Fsp3) is 0.200. The van der Waals surface area contributed by atoms with E-state index in [0.717, 1.165) is 0 Å². The summed E-state index contributed by atoms with van der Waals surface area (Å²) in [6.07, 6.45) is -0.132. The van der Waals surface area contributed by atoms with Crippen LogP contribution >= 0.6 is 11.6 Å². The molecule has 0 radical (unpaired) electrons. The van der Waals surface area contributed by atoms with E-state index >= 15 is 0 Å². The van der Waals surface area contributed by atoms with Crippen molar-refractivity contribution >= 4 is 29.0 Å². The van der Waals surface area contributed by atoms with E-state index in [9.17, 15) is 14.0 Å². The van der Waals surface area contributed by atoms with Crippen LogP contribution in [0.5, 0.6) is 0 Å². The molecule has 1 amide bonds. The summed E-state index contributed by atoms with van der Waals surface area (Å²) in [5, 5.41) is -0.124. The Kier molecular flexibility index (Phi) is 2.44. The first-order chi connectivity index (χ1) is 7.09. The molecule has 78 valence electrons. The van der Waals surface area contributed by atoms with Crippen LogP contribution in [-0.2, 0) is 9.59 Å². The fourth-order valence-corrected chi connectivity index (χ4v) is 1.73. The van der Waals surface area contributed by atoms with Crippen LogP contribution in [0.15, 0.2) is 18.2 Å². The second-order valence-corrected chi connectivity index (χ2v) is 3.65. The van der Waals surface area contributed by atoms with Crippen molar-refractivity contribution in [3.63, 3.8) is 0 Å². The van der Waals surface area contributed by atoms with Crippen LogP contribution in [0, 0.1) is 5.82 Å². The number of nitrogens with zero attached hydrogens (tertiary/aromatic N) is 1. The van der Waals surface area contributed by atoms with Gasteiger partial charge in [0.25, 0.3) is 0 Å². The molecule has 1 aromatic carbocycles. The van der Waals surface area contributed by atoms with Gasteiger partial charge in [0.2, 0.25) is 5.91 Å². The highest BCUT2D eigenvalue weighted by Crippen LogP contribution is 2.30. The number of carbonyl (C=O) groups is 2. The lowest BCUT2D eigenvalue weighted by molar-refractivity contribution is -0.121. The minimum atomic E-state index is -0.596. The number of rotatable bonds is 1. The summed E-state index contributed by atoms with van der Waals surface area (Å²) in [7, 11) is 0. The van der Waals surface area contributed by atoms with Crippen molar-refractivity contribution in [2.75, 3.05) is 11.4 Å². The van der Waals surface area contributed by atoms with Gasteiger partial charge in [-0.15, -0.1) is 0 Å². The summed E-state index contributed by atoms with van der Waals surface area (Å²) in [6, 6.07) is 4.17. The smallest absolute Gasteiger partial charge is 0.234 e. The minimum Gasteiger partial charge on any atom is -0.303 e. The average Bonchev–Trinajstić information content (AvgIpc) is 2.50. The molecule has 5 heteroatoms. The molecule has 15 heavy (non-hydrogen) atoms. The third-order valence-corrected chi connectivity index (χ3v) is 2.58. The molecule has 0 atom stereocenters. The number of Topliss-reactive ketones (excluding diaryl/α,β-unsaturated/α-hetero) is 1. The van der Waals surface area contributed by atoms with Gasteiger partial charge in [0, 0.05) is 0 Å². The summed E-state index contributed by atoms with van der Waals surface area (Å²) in [5.74, 6) is -1.12. The molecule has 0 saturated carbocycles. The first kappa shape index (κ1) is 10.1. The van der Waals surface area contributed by atoms with Crippen molar-refractivity contribution in [3.05, 3.63) is 29.0 Å². The monoisotopic (exact) mass is 227 g/mol. The van der Waals surface area contributed by atoms with Crippen molar-refractivity contribution in [1.82, 2.24) is 0 Å². The third kappa shape index (κ3) is 1.72. The zero-order valence-electron chi connectivity index (χ0n) is 7.67. The number of hydrogen-bond acceptors (Lipinski definition) is 2. The molecule has 2 rings (SSSR count). The van der Waals surface area contributed by atoms with Gasteiger partial charge in [0.05, 0.1) is 18.7 Å². The van der Waals surface area contributed by atoms with Crippen LogP contribution in [0.2, 0.25) is 5.02 Å². The Morgan fingerprint density at radius 3 is 2.67 bits per heavy atom. The fourth-order valence-electron chi connectivity index (χ4n) is 1.50. The maximum absolute atomic E-state index is 13.1. The van der Waals surface area contributed by atoms with E-state index < -0.39 is 5.82 Å². The number of ketones is 1.